The predicted octanol–water partition coefficient (Wildman–Crippen LogP) is 4.29. The van der Waals surface area contributed by atoms with Crippen LogP contribution in [0.3, 0.4) is 0 Å². The summed E-state index contributed by atoms with van der Waals surface area (Å²) in [6.07, 6.45) is 0.984. The molecule has 0 N–H and O–H groups in total. The summed E-state index contributed by atoms with van der Waals surface area (Å²) in [6, 6.07) is 9.72. The fourth-order valence-electron chi connectivity index (χ4n) is 3.35. The van der Waals surface area contributed by atoms with E-state index in [1.807, 2.05) is 30.3 Å². The van der Waals surface area contributed by atoms with Gasteiger partial charge >= 0.3 is 5.97 Å². The molecule has 3 heteroatoms. The number of hydrogen-bond donors (Lipinski definition) is 0. The fraction of sp³-hybridized carbons (Fsp3) is 0.389. The molecule has 0 aliphatic carbocycles. The molecule has 2 aromatic rings. The first kappa shape index (κ1) is 13.9. The van der Waals surface area contributed by atoms with Gasteiger partial charge in [0.25, 0.3) is 0 Å². The molecule has 1 aliphatic rings. The van der Waals surface area contributed by atoms with Crippen molar-refractivity contribution in [2.75, 3.05) is 7.11 Å². The lowest BCUT2D eigenvalue weighted by molar-refractivity contribution is 0.0601. The van der Waals surface area contributed by atoms with Crippen LogP contribution in [0.25, 0.3) is 10.8 Å². The predicted molar refractivity (Wildman–Crippen MR) is 83.0 cm³/mol. The minimum absolute atomic E-state index is 0.133. The van der Waals surface area contributed by atoms with Gasteiger partial charge in [0.2, 0.25) is 0 Å². The molecular weight excluding hydrogens is 264 g/mol. The standard InChI is InChI=1S/C18H20O3/c1-11-10-18(2,3)21-15-8-6-12-9-13(17(19)20-4)5-7-14(12)16(11)15/h5-9,11H,10H2,1-4H3. The topological polar surface area (TPSA) is 35.5 Å². The van der Waals surface area contributed by atoms with Crippen LogP contribution in [0.2, 0.25) is 0 Å². The molecule has 21 heavy (non-hydrogen) atoms. The first-order chi connectivity index (χ1) is 9.91. The molecule has 0 radical (unpaired) electrons. The molecule has 1 atom stereocenters. The zero-order valence-corrected chi connectivity index (χ0v) is 12.9. The van der Waals surface area contributed by atoms with Crippen LogP contribution in [-0.4, -0.2) is 18.7 Å². The number of carbonyl (C=O) groups is 1. The smallest absolute Gasteiger partial charge is 0.337 e. The summed E-state index contributed by atoms with van der Waals surface area (Å²) in [6.45, 7) is 6.48. The molecule has 1 heterocycles. The Kier molecular flexibility index (Phi) is 3.16. The van der Waals surface area contributed by atoms with Gasteiger partial charge in [0, 0.05) is 5.56 Å². The van der Waals surface area contributed by atoms with Crippen LogP contribution in [0.5, 0.6) is 5.75 Å². The number of esters is 1. The van der Waals surface area contributed by atoms with Crippen molar-refractivity contribution in [2.24, 2.45) is 0 Å². The van der Waals surface area contributed by atoms with Crippen LogP contribution in [0.15, 0.2) is 30.3 Å². The number of methoxy groups -OCH3 is 1. The Hall–Kier alpha value is -2.03. The third-order valence-electron chi connectivity index (χ3n) is 4.12. The molecule has 0 aromatic heterocycles. The van der Waals surface area contributed by atoms with E-state index in [0.717, 1.165) is 22.9 Å². The second kappa shape index (κ2) is 4.76. The molecule has 3 rings (SSSR count). The average Bonchev–Trinajstić information content (AvgIpc) is 2.43. The monoisotopic (exact) mass is 284 g/mol. The minimum atomic E-state index is -0.306. The van der Waals surface area contributed by atoms with Crippen molar-refractivity contribution in [1.29, 1.82) is 0 Å². The molecule has 110 valence electrons. The summed E-state index contributed by atoms with van der Waals surface area (Å²) in [4.78, 5) is 11.6. The molecule has 0 saturated carbocycles. The van der Waals surface area contributed by atoms with E-state index >= 15 is 0 Å². The van der Waals surface area contributed by atoms with Crippen molar-refractivity contribution in [3.63, 3.8) is 0 Å². The Morgan fingerprint density at radius 1 is 1.29 bits per heavy atom. The largest absolute Gasteiger partial charge is 0.488 e. The summed E-state index contributed by atoms with van der Waals surface area (Å²) < 4.78 is 10.9. The van der Waals surface area contributed by atoms with E-state index in [4.69, 9.17) is 9.47 Å². The van der Waals surface area contributed by atoms with Crippen LogP contribution in [-0.2, 0) is 4.74 Å². The van der Waals surface area contributed by atoms with Crippen molar-refractivity contribution >= 4 is 16.7 Å². The van der Waals surface area contributed by atoms with Crippen molar-refractivity contribution in [1.82, 2.24) is 0 Å². The zero-order chi connectivity index (χ0) is 15.2. The van der Waals surface area contributed by atoms with Gasteiger partial charge in [-0.05, 0) is 55.2 Å². The third-order valence-corrected chi connectivity index (χ3v) is 4.12. The van der Waals surface area contributed by atoms with Gasteiger partial charge in [-0.3, -0.25) is 0 Å². The molecule has 1 aliphatic heterocycles. The number of ether oxygens (including phenoxy) is 2. The average molecular weight is 284 g/mol. The van der Waals surface area contributed by atoms with Gasteiger partial charge in [-0.1, -0.05) is 19.1 Å². The maximum absolute atomic E-state index is 11.6. The highest BCUT2D eigenvalue weighted by Crippen LogP contribution is 2.44. The summed E-state index contributed by atoms with van der Waals surface area (Å²) in [5.74, 6) is 1.08. The van der Waals surface area contributed by atoms with Gasteiger partial charge in [0.1, 0.15) is 11.4 Å². The molecule has 0 fully saturated rings. The second-order valence-corrected chi connectivity index (χ2v) is 6.37. The van der Waals surface area contributed by atoms with Gasteiger partial charge in [-0.2, -0.15) is 0 Å². The zero-order valence-electron chi connectivity index (χ0n) is 12.9. The second-order valence-electron chi connectivity index (χ2n) is 6.37. The molecule has 0 spiro atoms. The SMILES string of the molecule is COC(=O)c1ccc2c3c(ccc2c1)OC(C)(C)CC3C. The van der Waals surface area contributed by atoms with Crippen LogP contribution in [0.4, 0.5) is 0 Å². The lowest BCUT2D eigenvalue weighted by atomic mass is 9.83. The number of carbonyl (C=O) groups excluding carboxylic acids is 1. The first-order valence-corrected chi connectivity index (χ1v) is 7.25. The summed E-state index contributed by atoms with van der Waals surface area (Å²) in [7, 11) is 1.40. The Morgan fingerprint density at radius 3 is 2.76 bits per heavy atom. The molecule has 0 bridgehead atoms. The summed E-state index contributed by atoms with van der Waals surface area (Å²) in [5.41, 5.74) is 1.68. The van der Waals surface area contributed by atoms with E-state index in [0.29, 0.717) is 11.5 Å². The highest BCUT2D eigenvalue weighted by molar-refractivity contribution is 5.97. The Bertz CT molecular complexity index is 716. The lowest BCUT2D eigenvalue weighted by Gasteiger charge is -2.37. The van der Waals surface area contributed by atoms with Crippen molar-refractivity contribution in [3.8, 4) is 5.75 Å². The Balaban J connectivity index is 2.17. The van der Waals surface area contributed by atoms with Gasteiger partial charge in [-0.15, -0.1) is 0 Å². The maximum atomic E-state index is 11.6. The van der Waals surface area contributed by atoms with Gasteiger partial charge < -0.3 is 9.47 Å². The van der Waals surface area contributed by atoms with Crippen molar-refractivity contribution in [2.45, 2.75) is 38.7 Å². The number of rotatable bonds is 1. The van der Waals surface area contributed by atoms with E-state index in [2.05, 4.69) is 20.8 Å². The molecule has 0 saturated heterocycles. The van der Waals surface area contributed by atoms with Crippen LogP contribution in [0, 0.1) is 0 Å². The maximum Gasteiger partial charge on any atom is 0.337 e. The van der Waals surface area contributed by atoms with Gasteiger partial charge in [-0.25, -0.2) is 4.79 Å². The highest BCUT2D eigenvalue weighted by Gasteiger charge is 2.32. The van der Waals surface area contributed by atoms with Gasteiger partial charge in [0.15, 0.2) is 0 Å². The van der Waals surface area contributed by atoms with E-state index < -0.39 is 0 Å². The molecule has 1 unspecified atom stereocenters. The Labute approximate surface area is 124 Å². The molecule has 2 aromatic carbocycles. The van der Waals surface area contributed by atoms with E-state index in [1.165, 1.54) is 12.7 Å². The normalized spacial score (nSPS) is 19.7. The summed E-state index contributed by atoms with van der Waals surface area (Å²) >= 11 is 0. The van der Waals surface area contributed by atoms with Crippen LogP contribution in [0.1, 0.15) is 49.0 Å². The Morgan fingerprint density at radius 2 is 2.05 bits per heavy atom. The van der Waals surface area contributed by atoms with E-state index in [1.54, 1.807) is 0 Å². The summed E-state index contributed by atoms with van der Waals surface area (Å²) in [5, 5.41) is 2.20. The lowest BCUT2D eigenvalue weighted by Crippen LogP contribution is -2.34. The van der Waals surface area contributed by atoms with Gasteiger partial charge in [0.05, 0.1) is 12.7 Å². The third kappa shape index (κ3) is 2.37. The molecule has 3 nitrogen and oxygen atoms in total. The molecular formula is C18H20O3. The quantitative estimate of drug-likeness (QED) is 0.733. The molecule has 0 amide bonds. The van der Waals surface area contributed by atoms with Crippen LogP contribution >= 0.6 is 0 Å². The number of fused-ring (bicyclic) bond motifs is 3. The van der Waals surface area contributed by atoms with E-state index in [9.17, 15) is 4.79 Å². The minimum Gasteiger partial charge on any atom is -0.488 e. The van der Waals surface area contributed by atoms with Crippen molar-refractivity contribution in [3.05, 3.63) is 41.5 Å². The fourth-order valence-corrected chi connectivity index (χ4v) is 3.35. The van der Waals surface area contributed by atoms with E-state index in [-0.39, 0.29) is 11.6 Å². The van der Waals surface area contributed by atoms with Crippen molar-refractivity contribution < 1.29 is 14.3 Å². The van der Waals surface area contributed by atoms with Crippen LogP contribution < -0.4 is 4.74 Å². The first-order valence-electron chi connectivity index (χ1n) is 7.25. The number of benzene rings is 2. The highest BCUT2D eigenvalue weighted by atomic mass is 16.5. The number of hydrogen-bond acceptors (Lipinski definition) is 3.